The summed E-state index contributed by atoms with van der Waals surface area (Å²) in [5.74, 6) is 1.48. The topological polar surface area (TPSA) is 23.8 Å². The Balaban J connectivity index is 1.70. The van der Waals surface area contributed by atoms with Gasteiger partial charge in [0.25, 0.3) is 0 Å². The lowest BCUT2D eigenvalue weighted by molar-refractivity contribution is 0.462. The van der Waals surface area contributed by atoms with Gasteiger partial charge < -0.3 is 0 Å². The third kappa shape index (κ3) is 1.45. The van der Waals surface area contributed by atoms with E-state index in [1.54, 1.807) is 0 Å². The van der Waals surface area contributed by atoms with Crippen molar-refractivity contribution in [3.8, 4) is 6.07 Å². The predicted octanol–water partition coefficient (Wildman–Crippen LogP) is 3.48. The molecule has 3 atom stereocenters. The SMILES string of the molecule is Cc1ccccc1CC1CC2CC2(C#N)C1. The zero-order valence-electron chi connectivity index (χ0n) is 9.74. The van der Waals surface area contributed by atoms with Crippen molar-refractivity contribution in [2.24, 2.45) is 17.3 Å². The highest BCUT2D eigenvalue weighted by atomic mass is 14.6. The Labute approximate surface area is 97.1 Å². The lowest BCUT2D eigenvalue weighted by Crippen LogP contribution is -2.05. The number of benzene rings is 1. The molecule has 1 nitrogen and oxygen atoms in total. The van der Waals surface area contributed by atoms with E-state index >= 15 is 0 Å². The average Bonchev–Trinajstić information content (AvgIpc) is 2.86. The van der Waals surface area contributed by atoms with Gasteiger partial charge in [0.1, 0.15) is 0 Å². The van der Waals surface area contributed by atoms with Crippen LogP contribution >= 0.6 is 0 Å². The molecule has 82 valence electrons. The fourth-order valence-corrected chi connectivity index (χ4v) is 3.43. The molecule has 0 N–H and O–H groups in total. The molecule has 0 bridgehead atoms. The zero-order chi connectivity index (χ0) is 11.2. The van der Waals surface area contributed by atoms with E-state index in [9.17, 15) is 0 Å². The van der Waals surface area contributed by atoms with E-state index in [2.05, 4.69) is 37.3 Å². The van der Waals surface area contributed by atoms with Gasteiger partial charge in [0.2, 0.25) is 0 Å². The summed E-state index contributed by atoms with van der Waals surface area (Å²) in [5, 5.41) is 9.16. The van der Waals surface area contributed by atoms with Gasteiger partial charge in [0.05, 0.1) is 11.5 Å². The van der Waals surface area contributed by atoms with E-state index < -0.39 is 0 Å². The number of rotatable bonds is 2. The van der Waals surface area contributed by atoms with Crippen LogP contribution in [0.2, 0.25) is 0 Å². The fraction of sp³-hybridized carbons (Fsp3) is 0.533. The summed E-state index contributed by atoms with van der Waals surface area (Å²) in [6.07, 6.45) is 4.77. The van der Waals surface area contributed by atoms with Crippen LogP contribution in [0.4, 0.5) is 0 Å². The Hall–Kier alpha value is -1.29. The summed E-state index contributed by atoms with van der Waals surface area (Å²) in [7, 11) is 0. The zero-order valence-corrected chi connectivity index (χ0v) is 9.74. The summed E-state index contributed by atoms with van der Waals surface area (Å²) < 4.78 is 0. The van der Waals surface area contributed by atoms with E-state index in [1.807, 2.05) is 0 Å². The Morgan fingerprint density at radius 3 is 2.88 bits per heavy atom. The van der Waals surface area contributed by atoms with Crippen LogP contribution in [0.1, 0.15) is 30.4 Å². The second kappa shape index (κ2) is 3.35. The summed E-state index contributed by atoms with van der Waals surface area (Å²) in [6.45, 7) is 2.19. The molecule has 0 radical (unpaired) electrons. The molecule has 0 saturated heterocycles. The lowest BCUT2D eigenvalue weighted by Gasteiger charge is -2.14. The molecule has 2 saturated carbocycles. The molecule has 0 heterocycles. The van der Waals surface area contributed by atoms with Crippen molar-refractivity contribution in [1.82, 2.24) is 0 Å². The first-order valence-electron chi connectivity index (χ1n) is 6.19. The summed E-state index contributed by atoms with van der Waals surface area (Å²) in [5.41, 5.74) is 2.98. The van der Waals surface area contributed by atoms with Gasteiger partial charge in [-0.2, -0.15) is 5.26 Å². The van der Waals surface area contributed by atoms with Crippen molar-refractivity contribution in [2.75, 3.05) is 0 Å². The minimum Gasteiger partial charge on any atom is -0.198 e. The fourth-order valence-electron chi connectivity index (χ4n) is 3.43. The quantitative estimate of drug-likeness (QED) is 0.734. The lowest BCUT2D eigenvalue weighted by atomic mass is 9.90. The van der Waals surface area contributed by atoms with Crippen LogP contribution in [0.3, 0.4) is 0 Å². The van der Waals surface area contributed by atoms with Crippen molar-refractivity contribution >= 4 is 0 Å². The third-order valence-corrected chi connectivity index (χ3v) is 4.50. The van der Waals surface area contributed by atoms with Crippen LogP contribution in [-0.2, 0) is 6.42 Å². The maximum Gasteiger partial charge on any atom is 0.0692 e. The first-order valence-corrected chi connectivity index (χ1v) is 6.19. The molecule has 3 rings (SSSR count). The molecular weight excluding hydrogens is 194 g/mol. The molecular formula is C15H17N. The van der Waals surface area contributed by atoms with Crippen molar-refractivity contribution in [2.45, 2.75) is 32.6 Å². The van der Waals surface area contributed by atoms with Gasteiger partial charge in [-0.3, -0.25) is 0 Å². The van der Waals surface area contributed by atoms with E-state index in [-0.39, 0.29) is 5.41 Å². The van der Waals surface area contributed by atoms with Crippen molar-refractivity contribution in [3.63, 3.8) is 0 Å². The second-order valence-electron chi connectivity index (χ2n) is 5.61. The van der Waals surface area contributed by atoms with Gasteiger partial charge in [-0.1, -0.05) is 24.3 Å². The Kier molecular flexibility index (Phi) is 2.07. The number of hydrogen-bond donors (Lipinski definition) is 0. The first-order chi connectivity index (χ1) is 7.73. The molecule has 0 amide bonds. The van der Waals surface area contributed by atoms with E-state index in [1.165, 1.54) is 30.4 Å². The molecule has 1 heteroatoms. The minimum absolute atomic E-state index is 0.105. The molecule has 2 aliphatic rings. The first kappa shape index (κ1) is 9.90. The summed E-state index contributed by atoms with van der Waals surface area (Å²) in [6, 6.07) is 11.2. The predicted molar refractivity (Wildman–Crippen MR) is 63.8 cm³/mol. The minimum atomic E-state index is 0.105. The van der Waals surface area contributed by atoms with Crippen molar-refractivity contribution in [3.05, 3.63) is 35.4 Å². The highest BCUT2D eigenvalue weighted by molar-refractivity contribution is 5.28. The van der Waals surface area contributed by atoms with Gasteiger partial charge in [0, 0.05) is 0 Å². The Morgan fingerprint density at radius 2 is 2.19 bits per heavy atom. The summed E-state index contributed by atoms with van der Waals surface area (Å²) >= 11 is 0. The van der Waals surface area contributed by atoms with Crippen molar-refractivity contribution in [1.29, 1.82) is 5.26 Å². The second-order valence-corrected chi connectivity index (χ2v) is 5.61. The molecule has 16 heavy (non-hydrogen) atoms. The van der Waals surface area contributed by atoms with Crippen LogP contribution in [0.15, 0.2) is 24.3 Å². The third-order valence-electron chi connectivity index (χ3n) is 4.50. The number of nitriles is 1. The highest BCUT2D eigenvalue weighted by Gasteiger charge is 2.60. The normalized spacial score (nSPS) is 35.5. The van der Waals surface area contributed by atoms with E-state index in [0.717, 1.165) is 18.3 Å². The molecule has 0 spiro atoms. The van der Waals surface area contributed by atoms with Crippen LogP contribution < -0.4 is 0 Å². The number of aryl methyl sites for hydroxylation is 1. The molecule has 2 aliphatic carbocycles. The molecule has 1 aromatic carbocycles. The molecule has 0 aromatic heterocycles. The highest BCUT2D eigenvalue weighted by Crippen LogP contribution is 2.65. The van der Waals surface area contributed by atoms with Gasteiger partial charge in [0.15, 0.2) is 0 Å². The molecule has 2 fully saturated rings. The van der Waals surface area contributed by atoms with Crippen LogP contribution in [-0.4, -0.2) is 0 Å². The van der Waals surface area contributed by atoms with Gasteiger partial charge >= 0.3 is 0 Å². The summed E-state index contributed by atoms with van der Waals surface area (Å²) in [4.78, 5) is 0. The van der Waals surface area contributed by atoms with E-state index in [4.69, 9.17) is 5.26 Å². The number of nitrogens with zero attached hydrogens (tertiary/aromatic N) is 1. The van der Waals surface area contributed by atoms with Crippen molar-refractivity contribution < 1.29 is 0 Å². The molecule has 1 aromatic rings. The van der Waals surface area contributed by atoms with Crippen LogP contribution in [0, 0.1) is 35.5 Å². The number of fused-ring (bicyclic) bond motifs is 1. The molecule has 0 aliphatic heterocycles. The maximum absolute atomic E-state index is 9.16. The van der Waals surface area contributed by atoms with E-state index in [0.29, 0.717) is 0 Å². The van der Waals surface area contributed by atoms with Crippen LogP contribution in [0.5, 0.6) is 0 Å². The smallest absolute Gasteiger partial charge is 0.0692 e. The monoisotopic (exact) mass is 211 g/mol. The van der Waals surface area contributed by atoms with Gasteiger partial charge in [-0.05, 0) is 55.6 Å². The maximum atomic E-state index is 9.16. The van der Waals surface area contributed by atoms with Gasteiger partial charge in [-0.25, -0.2) is 0 Å². The Morgan fingerprint density at radius 1 is 1.38 bits per heavy atom. The average molecular weight is 211 g/mol. The van der Waals surface area contributed by atoms with Crippen LogP contribution in [0.25, 0.3) is 0 Å². The standard InChI is InChI=1S/C15H17N/c1-11-4-2-3-5-13(11)6-12-7-14-9-15(14,8-12)10-16/h2-5,12,14H,6-9H2,1H3. The Bertz CT molecular complexity index is 457. The largest absolute Gasteiger partial charge is 0.198 e. The van der Waals surface area contributed by atoms with Gasteiger partial charge in [-0.15, -0.1) is 0 Å². The number of hydrogen-bond acceptors (Lipinski definition) is 1. The molecule has 3 unspecified atom stereocenters.